The van der Waals surface area contributed by atoms with Crippen molar-refractivity contribution in [1.82, 2.24) is 0 Å². The number of hydrogen-bond donors (Lipinski definition) is 2. The van der Waals surface area contributed by atoms with E-state index < -0.39 is 23.9 Å². The first-order chi connectivity index (χ1) is 11.4. The molecule has 0 aliphatic carbocycles. The number of primary amides is 1. The zero-order valence-electron chi connectivity index (χ0n) is 12.7. The Morgan fingerprint density at radius 3 is 2.54 bits per heavy atom. The molecule has 0 aliphatic heterocycles. The first kappa shape index (κ1) is 18.2. The maximum absolute atomic E-state index is 12.1. The number of carbonyl (C=O) groups is 3. The first-order valence-electron chi connectivity index (χ1n) is 6.99. The van der Waals surface area contributed by atoms with Gasteiger partial charge in [-0.2, -0.15) is 0 Å². The number of esters is 1. The van der Waals surface area contributed by atoms with Crippen LogP contribution in [0.1, 0.15) is 22.8 Å². The lowest BCUT2D eigenvalue weighted by atomic mass is 10.1. The van der Waals surface area contributed by atoms with Crippen molar-refractivity contribution in [3.05, 3.63) is 51.3 Å². The standard InChI is InChI=1S/C16H15BrN2O4S/c1-9(15(22)19-16-12(14(18)21)6-7-24-16)23-13(20)8-10-2-4-11(17)5-3-10/h2-7,9H,8H2,1H3,(H2,18,21)(H,19,22). The van der Waals surface area contributed by atoms with Crippen LogP contribution in [0.3, 0.4) is 0 Å². The molecule has 2 aromatic rings. The van der Waals surface area contributed by atoms with E-state index >= 15 is 0 Å². The number of ether oxygens (including phenoxy) is 1. The molecular formula is C16H15BrN2O4S. The van der Waals surface area contributed by atoms with Gasteiger partial charge in [0.2, 0.25) is 0 Å². The van der Waals surface area contributed by atoms with Crippen LogP contribution in [0.15, 0.2) is 40.2 Å². The third kappa shape index (κ3) is 4.90. The van der Waals surface area contributed by atoms with Gasteiger partial charge in [0, 0.05) is 4.47 Å². The van der Waals surface area contributed by atoms with Crippen LogP contribution in [0.4, 0.5) is 5.00 Å². The molecule has 1 aromatic heterocycles. The van der Waals surface area contributed by atoms with Crippen molar-refractivity contribution in [2.24, 2.45) is 5.73 Å². The zero-order chi connectivity index (χ0) is 17.7. The van der Waals surface area contributed by atoms with E-state index in [9.17, 15) is 14.4 Å². The van der Waals surface area contributed by atoms with E-state index in [-0.39, 0.29) is 12.0 Å². The van der Waals surface area contributed by atoms with Gasteiger partial charge in [0.05, 0.1) is 12.0 Å². The van der Waals surface area contributed by atoms with E-state index in [4.69, 9.17) is 10.5 Å². The number of carbonyl (C=O) groups excluding carboxylic acids is 3. The van der Waals surface area contributed by atoms with Gasteiger partial charge in [-0.1, -0.05) is 28.1 Å². The summed E-state index contributed by atoms with van der Waals surface area (Å²) in [6, 6.07) is 8.75. The molecule has 1 atom stereocenters. The van der Waals surface area contributed by atoms with Crippen LogP contribution < -0.4 is 11.1 Å². The van der Waals surface area contributed by atoms with Gasteiger partial charge in [0.25, 0.3) is 11.8 Å². The van der Waals surface area contributed by atoms with E-state index in [0.29, 0.717) is 5.00 Å². The number of thiophene rings is 1. The van der Waals surface area contributed by atoms with Crippen molar-refractivity contribution in [2.75, 3.05) is 5.32 Å². The Balaban J connectivity index is 1.91. The number of benzene rings is 1. The highest BCUT2D eigenvalue weighted by Gasteiger charge is 2.20. The number of nitrogens with one attached hydrogen (secondary N) is 1. The molecule has 0 saturated heterocycles. The van der Waals surface area contributed by atoms with Crippen LogP contribution in [0.2, 0.25) is 0 Å². The number of halogens is 1. The lowest BCUT2D eigenvalue weighted by Crippen LogP contribution is -2.30. The van der Waals surface area contributed by atoms with Gasteiger partial charge in [-0.05, 0) is 36.1 Å². The Hall–Kier alpha value is -2.19. The van der Waals surface area contributed by atoms with Gasteiger partial charge in [-0.15, -0.1) is 11.3 Å². The molecule has 0 radical (unpaired) electrons. The maximum Gasteiger partial charge on any atom is 0.311 e. The van der Waals surface area contributed by atoms with E-state index in [1.54, 1.807) is 17.5 Å². The minimum atomic E-state index is -0.990. The molecule has 24 heavy (non-hydrogen) atoms. The Bertz CT molecular complexity index is 758. The summed E-state index contributed by atoms with van der Waals surface area (Å²) in [5.41, 5.74) is 6.22. The highest BCUT2D eigenvalue weighted by molar-refractivity contribution is 9.10. The Morgan fingerprint density at radius 2 is 1.92 bits per heavy atom. The fourth-order valence-corrected chi connectivity index (χ4v) is 2.93. The number of anilines is 1. The van der Waals surface area contributed by atoms with Crippen LogP contribution in [0, 0.1) is 0 Å². The smallest absolute Gasteiger partial charge is 0.311 e. The Kier molecular flexibility index (Phi) is 6.10. The average molecular weight is 411 g/mol. The zero-order valence-corrected chi connectivity index (χ0v) is 15.1. The molecule has 6 nitrogen and oxygen atoms in total. The molecule has 0 aliphatic rings. The maximum atomic E-state index is 12.1. The van der Waals surface area contributed by atoms with Crippen LogP contribution in [-0.2, 0) is 20.7 Å². The minimum Gasteiger partial charge on any atom is -0.452 e. The third-order valence-electron chi connectivity index (χ3n) is 3.11. The molecule has 1 aromatic carbocycles. The molecule has 1 heterocycles. The molecule has 0 spiro atoms. The third-order valence-corrected chi connectivity index (χ3v) is 4.47. The molecule has 0 fully saturated rings. The van der Waals surface area contributed by atoms with Gasteiger partial charge in [0.15, 0.2) is 6.10 Å². The van der Waals surface area contributed by atoms with Gasteiger partial charge >= 0.3 is 5.97 Å². The fourth-order valence-electron chi connectivity index (χ4n) is 1.87. The minimum absolute atomic E-state index is 0.0659. The monoisotopic (exact) mass is 410 g/mol. The number of nitrogens with two attached hydrogens (primary N) is 1. The van der Waals surface area contributed by atoms with E-state index in [1.807, 2.05) is 12.1 Å². The van der Waals surface area contributed by atoms with Gasteiger partial charge in [-0.25, -0.2) is 0 Å². The number of amides is 2. The van der Waals surface area contributed by atoms with Crippen LogP contribution in [0.25, 0.3) is 0 Å². The summed E-state index contributed by atoms with van der Waals surface area (Å²) in [5, 5.41) is 4.52. The molecule has 2 rings (SSSR count). The number of rotatable bonds is 6. The lowest BCUT2D eigenvalue weighted by Gasteiger charge is -2.13. The summed E-state index contributed by atoms with van der Waals surface area (Å²) >= 11 is 4.48. The Morgan fingerprint density at radius 1 is 1.25 bits per heavy atom. The van der Waals surface area contributed by atoms with Crippen molar-refractivity contribution < 1.29 is 19.1 Å². The highest BCUT2D eigenvalue weighted by atomic mass is 79.9. The second kappa shape index (κ2) is 8.07. The van der Waals surface area contributed by atoms with E-state index in [1.165, 1.54) is 24.3 Å². The predicted octanol–water partition coefficient (Wildman–Crippen LogP) is 2.72. The average Bonchev–Trinajstić information content (AvgIpc) is 2.97. The summed E-state index contributed by atoms with van der Waals surface area (Å²) in [6.45, 7) is 1.46. The van der Waals surface area contributed by atoms with Crippen LogP contribution in [0.5, 0.6) is 0 Å². The van der Waals surface area contributed by atoms with Gasteiger partial charge in [0.1, 0.15) is 5.00 Å². The molecule has 1 unspecified atom stereocenters. The van der Waals surface area contributed by atoms with Gasteiger partial charge < -0.3 is 15.8 Å². The quantitative estimate of drug-likeness (QED) is 0.715. The second-order valence-corrected chi connectivity index (χ2v) is 6.78. The summed E-state index contributed by atoms with van der Waals surface area (Å²) in [4.78, 5) is 35.2. The lowest BCUT2D eigenvalue weighted by molar-refractivity contribution is -0.152. The SMILES string of the molecule is CC(OC(=O)Cc1ccc(Br)cc1)C(=O)Nc1sccc1C(N)=O. The normalized spacial score (nSPS) is 11.6. The fraction of sp³-hybridized carbons (Fsp3) is 0.188. The van der Waals surface area contributed by atoms with Gasteiger partial charge in [-0.3, -0.25) is 14.4 Å². The molecule has 2 amide bonds. The summed E-state index contributed by atoms with van der Waals surface area (Å²) in [6.07, 6.45) is -0.924. The molecule has 0 saturated carbocycles. The van der Waals surface area contributed by atoms with E-state index in [2.05, 4.69) is 21.2 Å². The van der Waals surface area contributed by atoms with E-state index in [0.717, 1.165) is 10.0 Å². The molecule has 3 N–H and O–H groups in total. The topological polar surface area (TPSA) is 98.5 Å². The summed E-state index contributed by atoms with van der Waals surface area (Å²) in [7, 11) is 0. The van der Waals surface area contributed by atoms with Crippen LogP contribution >= 0.6 is 27.3 Å². The molecule has 126 valence electrons. The van der Waals surface area contributed by atoms with Crippen molar-refractivity contribution in [3.8, 4) is 0 Å². The molecule has 8 heteroatoms. The summed E-state index contributed by atoms with van der Waals surface area (Å²) < 4.78 is 6.03. The van der Waals surface area contributed by atoms with Crippen molar-refractivity contribution in [1.29, 1.82) is 0 Å². The van der Waals surface area contributed by atoms with Crippen molar-refractivity contribution >= 4 is 50.1 Å². The first-order valence-corrected chi connectivity index (χ1v) is 8.66. The van der Waals surface area contributed by atoms with Crippen molar-refractivity contribution in [2.45, 2.75) is 19.4 Å². The van der Waals surface area contributed by atoms with Crippen molar-refractivity contribution in [3.63, 3.8) is 0 Å². The second-order valence-electron chi connectivity index (χ2n) is 4.95. The largest absolute Gasteiger partial charge is 0.452 e. The molecular weight excluding hydrogens is 396 g/mol. The highest BCUT2D eigenvalue weighted by Crippen LogP contribution is 2.23. The molecule has 0 bridgehead atoms. The Labute approximate surface area is 151 Å². The van der Waals surface area contributed by atoms with Crippen LogP contribution in [-0.4, -0.2) is 23.9 Å². The predicted molar refractivity (Wildman–Crippen MR) is 94.9 cm³/mol. The summed E-state index contributed by atoms with van der Waals surface area (Å²) in [5.74, 6) is -1.67. The number of hydrogen-bond acceptors (Lipinski definition) is 5.